The molecule has 0 saturated carbocycles. The first-order valence-corrected chi connectivity index (χ1v) is 6.76. The zero-order chi connectivity index (χ0) is 15.0. The normalized spacial score (nSPS) is 15.0. The molecule has 0 saturated heterocycles. The van der Waals surface area contributed by atoms with Crippen LogP contribution in [0.25, 0.3) is 0 Å². The van der Waals surface area contributed by atoms with Crippen LogP contribution in [0.5, 0.6) is 0 Å². The summed E-state index contributed by atoms with van der Waals surface area (Å²) >= 11 is 0. The van der Waals surface area contributed by atoms with E-state index in [2.05, 4.69) is 4.90 Å². The van der Waals surface area contributed by atoms with Gasteiger partial charge in [0.2, 0.25) is 0 Å². The van der Waals surface area contributed by atoms with Crippen molar-refractivity contribution in [1.29, 1.82) is 0 Å². The molecule has 0 atom stereocenters. The number of nitrogens with two attached hydrogens (primary N) is 1. The molecule has 0 spiro atoms. The van der Waals surface area contributed by atoms with E-state index in [0.717, 1.165) is 41.9 Å². The predicted molar refractivity (Wildman–Crippen MR) is 75.0 cm³/mol. The van der Waals surface area contributed by atoms with Crippen LogP contribution in [0.4, 0.5) is 18.9 Å². The van der Waals surface area contributed by atoms with Crippen LogP contribution in [0.15, 0.2) is 30.3 Å². The molecule has 1 heterocycles. The second-order valence-electron chi connectivity index (χ2n) is 5.32. The number of rotatable bonds is 2. The summed E-state index contributed by atoms with van der Waals surface area (Å²) in [7, 11) is 0. The molecule has 0 aliphatic carbocycles. The van der Waals surface area contributed by atoms with Crippen LogP contribution in [0.3, 0.4) is 0 Å². The van der Waals surface area contributed by atoms with Crippen molar-refractivity contribution in [3.05, 3.63) is 64.5 Å². The molecule has 5 heteroatoms. The fourth-order valence-electron chi connectivity index (χ4n) is 2.79. The van der Waals surface area contributed by atoms with Gasteiger partial charge in [0.05, 0.1) is 0 Å². The molecule has 0 bridgehead atoms. The van der Waals surface area contributed by atoms with Crippen molar-refractivity contribution in [2.75, 3.05) is 12.3 Å². The van der Waals surface area contributed by atoms with Gasteiger partial charge < -0.3 is 5.73 Å². The Kier molecular flexibility index (Phi) is 3.59. The third-order valence-electron chi connectivity index (χ3n) is 3.83. The zero-order valence-electron chi connectivity index (χ0n) is 11.4. The van der Waals surface area contributed by atoms with Gasteiger partial charge in [0, 0.05) is 25.3 Å². The van der Waals surface area contributed by atoms with E-state index < -0.39 is 17.5 Å². The van der Waals surface area contributed by atoms with E-state index in [4.69, 9.17) is 5.73 Å². The van der Waals surface area contributed by atoms with Crippen molar-refractivity contribution < 1.29 is 13.2 Å². The van der Waals surface area contributed by atoms with Crippen molar-refractivity contribution in [2.45, 2.75) is 19.5 Å². The number of hydrogen-bond acceptors (Lipinski definition) is 2. The van der Waals surface area contributed by atoms with Gasteiger partial charge >= 0.3 is 0 Å². The summed E-state index contributed by atoms with van der Waals surface area (Å²) in [5.74, 6) is -3.71. The van der Waals surface area contributed by atoms with Crippen molar-refractivity contribution in [3.8, 4) is 0 Å². The highest BCUT2D eigenvalue weighted by Crippen LogP contribution is 2.25. The number of hydrogen-bond donors (Lipinski definition) is 1. The minimum absolute atomic E-state index is 0.377. The van der Waals surface area contributed by atoms with Crippen LogP contribution >= 0.6 is 0 Å². The van der Waals surface area contributed by atoms with Gasteiger partial charge in [-0.3, -0.25) is 4.90 Å². The molecule has 0 radical (unpaired) electrons. The molecule has 1 aliphatic heterocycles. The van der Waals surface area contributed by atoms with Crippen LogP contribution in [-0.2, 0) is 19.5 Å². The molecule has 0 fully saturated rings. The van der Waals surface area contributed by atoms with Gasteiger partial charge in [0.25, 0.3) is 0 Å². The van der Waals surface area contributed by atoms with Gasteiger partial charge in [-0.25, -0.2) is 13.2 Å². The maximum Gasteiger partial charge on any atom is 0.194 e. The quantitative estimate of drug-likeness (QED) is 0.680. The Bertz CT molecular complexity index is 662. The molecule has 110 valence electrons. The molecule has 2 aromatic carbocycles. The van der Waals surface area contributed by atoms with E-state index in [0.29, 0.717) is 18.7 Å². The first-order valence-electron chi connectivity index (χ1n) is 6.76. The molecule has 2 N–H and O–H groups in total. The molecule has 1 aliphatic rings. The number of fused-ring (bicyclic) bond motifs is 1. The monoisotopic (exact) mass is 292 g/mol. The Hall–Kier alpha value is -2.01. The topological polar surface area (TPSA) is 29.3 Å². The summed E-state index contributed by atoms with van der Waals surface area (Å²) in [5.41, 5.74) is 9.42. The molecule has 2 nitrogen and oxygen atoms in total. The maximum atomic E-state index is 13.2. The fourth-order valence-corrected chi connectivity index (χ4v) is 2.79. The van der Waals surface area contributed by atoms with Gasteiger partial charge in [-0.2, -0.15) is 0 Å². The lowest BCUT2D eigenvalue weighted by atomic mass is 9.97. The average Bonchev–Trinajstić information content (AvgIpc) is 2.45. The molecular formula is C16H15F3N2. The maximum absolute atomic E-state index is 13.2. The van der Waals surface area contributed by atoms with Crippen molar-refractivity contribution >= 4 is 5.69 Å². The Balaban J connectivity index is 1.79. The Morgan fingerprint density at radius 1 is 1.10 bits per heavy atom. The van der Waals surface area contributed by atoms with Crippen LogP contribution < -0.4 is 5.73 Å². The van der Waals surface area contributed by atoms with E-state index in [1.165, 1.54) is 0 Å². The predicted octanol–water partition coefficient (Wildman–Crippen LogP) is 3.24. The highest BCUT2D eigenvalue weighted by atomic mass is 19.2. The van der Waals surface area contributed by atoms with Gasteiger partial charge in [-0.15, -0.1) is 0 Å². The number of anilines is 1. The Labute approximate surface area is 121 Å². The van der Waals surface area contributed by atoms with Gasteiger partial charge in [-0.05, 0) is 41.3 Å². The number of halogens is 3. The summed E-state index contributed by atoms with van der Waals surface area (Å²) in [6.07, 6.45) is 0.800. The third-order valence-corrected chi connectivity index (χ3v) is 3.83. The summed E-state index contributed by atoms with van der Waals surface area (Å²) in [6, 6.07) is 7.87. The van der Waals surface area contributed by atoms with E-state index in [9.17, 15) is 13.2 Å². The zero-order valence-corrected chi connectivity index (χ0v) is 11.4. The van der Waals surface area contributed by atoms with Crippen LogP contribution in [0.1, 0.15) is 16.7 Å². The Morgan fingerprint density at radius 2 is 1.81 bits per heavy atom. The van der Waals surface area contributed by atoms with E-state index in [1.54, 1.807) is 0 Å². The van der Waals surface area contributed by atoms with Crippen LogP contribution in [0.2, 0.25) is 0 Å². The van der Waals surface area contributed by atoms with Crippen LogP contribution in [0, 0.1) is 17.5 Å². The number of benzene rings is 2. The smallest absolute Gasteiger partial charge is 0.194 e. The summed E-state index contributed by atoms with van der Waals surface area (Å²) in [4.78, 5) is 2.06. The highest BCUT2D eigenvalue weighted by Gasteiger charge is 2.19. The van der Waals surface area contributed by atoms with Crippen molar-refractivity contribution in [1.82, 2.24) is 4.90 Å². The molecule has 3 rings (SSSR count). The average molecular weight is 292 g/mol. The number of nitrogens with zero attached hydrogens (tertiary/aromatic N) is 1. The summed E-state index contributed by atoms with van der Waals surface area (Å²) in [6.45, 7) is 1.80. The molecule has 0 aromatic heterocycles. The lowest BCUT2D eigenvalue weighted by molar-refractivity contribution is 0.245. The highest BCUT2D eigenvalue weighted by molar-refractivity contribution is 5.51. The van der Waals surface area contributed by atoms with E-state index in [1.807, 2.05) is 18.2 Å². The van der Waals surface area contributed by atoms with Gasteiger partial charge in [0.1, 0.15) is 0 Å². The molecular weight excluding hydrogens is 277 g/mol. The molecule has 0 amide bonds. The lowest BCUT2D eigenvalue weighted by Gasteiger charge is -2.29. The minimum atomic E-state index is -1.42. The summed E-state index contributed by atoms with van der Waals surface area (Å²) in [5, 5.41) is 0. The van der Waals surface area contributed by atoms with Crippen molar-refractivity contribution in [2.24, 2.45) is 0 Å². The van der Waals surface area contributed by atoms with E-state index >= 15 is 0 Å². The second-order valence-corrected chi connectivity index (χ2v) is 5.32. The standard InChI is InChI=1S/C16H15F3N2/c17-13-6-10(7-14(18)16(13)19)8-21-5-4-12-11(9-21)2-1-3-15(12)20/h1-3,6-7H,4-5,8-9,20H2. The largest absolute Gasteiger partial charge is 0.398 e. The Morgan fingerprint density at radius 3 is 2.52 bits per heavy atom. The first-order chi connectivity index (χ1) is 10.0. The first kappa shape index (κ1) is 13.9. The van der Waals surface area contributed by atoms with E-state index in [-0.39, 0.29) is 0 Å². The lowest BCUT2D eigenvalue weighted by Crippen LogP contribution is -2.30. The summed E-state index contributed by atoms with van der Waals surface area (Å²) < 4.78 is 39.4. The molecule has 0 unspecified atom stereocenters. The SMILES string of the molecule is Nc1cccc2c1CCN(Cc1cc(F)c(F)c(F)c1)C2. The van der Waals surface area contributed by atoms with Crippen molar-refractivity contribution in [3.63, 3.8) is 0 Å². The molecule has 2 aromatic rings. The third kappa shape index (κ3) is 2.74. The van der Waals surface area contributed by atoms with Gasteiger partial charge in [0.15, 0.2) is 17.5 Å². The van der Waals surface area contributed by atoms with Gasteiger partial charge in [-0.1, -0.05) is 12.1 Å². The molecule has 21 heavy (non-hydrogen) atoms. The second kappa shape index (κ2) is 5.41. The number of nitrogen functional groups attached to an aromatic ring is 1. The minimum Gasteiger partial charge on any atom is -0.398 e. The van der Waals surface area contributed by atoms with Crippen LogP contribution in [-0.4, -0.2) is 11.4 Å². The fraction of sp³-hybridized carbons (Fsp3) is 0.250.